The van der Waals surface area contributed by atoms with E-state index in [1.165, 1.54) is 0 Å². The summed E-state index contributed by atoms with van der Waals surface area (Å²) in [5.41, 5.74) is 3.16. The standard InChI is InChI=1S/C31H44N6O4S2Si/c1-6-41-31(39)43-23(12-11-17-38)20-32-30(43)36-16-10-9-13-24-22(2)27(34-35-28(24)36)33-29-37(21-40-18-19-44(3,4)5)25-14-7-8-15-26(25)42-29/h7-8,14-15,20,38,43H,6,9-13,16-19,21H2,1-5H3/b33-29-. The Hall–Kier alpha value is -2.84. The molecule has 1 aromatic carbocycles. The molecular weight excluding hydrogens is 613 g/mol. The number of carbonyl (C=O) groups excluding carboxylic acids is 1. The van der Waals surface area contributed by atoms with Crippen LogP contribution in [0.2, 0.25) is 25.7 Å². The fourth-order valence-corrected chi connectivity index (χ4v) is 9.13. The third-order valence-corrected chi connectivity index (χ3v) is 12.6. The van der Waals surface area contributed by atoms with E-state index in [2.05, 4.69) is 53.3 Å². The highest BCUT2D eigenvalue weighted by molar-refractivity contribution is 8.44. The molecule has 2 aromatic heterocycles. The third kappa shape index (κ3) is 7.34. The quantitative estimate of drug-likeness (QED) is 0.109. The Morgan fingerprint density at radius 1 is 1.20 bits per heavy atom. The second kappa shape index (κ2) is 14.5. The van der Waals surface area contributed by atoms with Crippen molar-refractivity contribution in [1.29, 1.82) is 0 Å². The van der Waals surface area contributed by atoms with E-state index in [9.17, 15) is 9.90 Å². The predicted molar refractivity (Wildman–Crippen MR) is 184 cm³/mol. The summed E-state index contributed by atoms with van der Waals surface area (Å²) in [7, 11) is -2.64. The van der Waals surface area contributed by atoms with Crippen molar-refractivity contribution in [3.63, 3.8) is 0 Å². The van der Waals surface area contributed by atoms with Gasteiger partial charge in [0.05, 0.1) is 16.8 Å². The van der Waals surface area contributed by atoms with Gasteiger partial charge in [-0.1, -0.05) is 54.0 Å². The summed E-state index contributed by atoms with van der Waals surface area (Å²) in [6, 6.07) is 9.41. The first-order valence-electron chi connectivity index (χ1n) is 15.4. The lowest BCUT2D eigenvalue weighted by atomic mass is 10.1. The van der Waals surface area contributed by atoms with E-state index in [1.807, 2.05) is 19.1 Å². The smallest absolute Gasteiger partial charge is 0.357 e. The maximum absolute atomic E-state index is 13.2. The van der Waals surface area contributed by atoms with Gasteiger partial charge in [0.25, 0.3) is 0 Å². The van der Waals surface area contributed by atoms with Crippen LogP contribution < -0.4 is 9.70 Å². The summed E-state index contributed by atoms with van der Waals surface area (Å²) in [5.74, 6) is 1.33. The number of thiol groups is 1. The number of nitrogens with zero attached hydrogens (tertiary/aromatic N) is 6. The fourth-order valence-electron chi connectivity index (χ4n) is 5.27. The zero-order valence-electron chi connectivity index (χ0n) is 26.4. The van der Waals surface area contributed by atoms with Crippen molar-refractivity contribution in [3.8, 4) is 0 Å². The molecule has 238 valence electrons. The fraction of sp³-hybridized carbons (Fsp3) is 0.516. The SMILES string of the molecule is CCOC(=O)[SH]1C(CCCO)=CN=C1N1CCCCc2c1nnc(/N=c1\sc3ccccc3n1COCC[Si](C)(C)C)c2C. The number of rotatable bonds is 10. The largest absolute Gasteiger partial charge is 0.459 e. The maximum Gasteiger partial charge on any atom is 0.357 e. The van der Waals surface area contributed by atoms with Crippen molar-refractivity contribution in [2.24, 2.45) is 9.98 Å². The maximum atomic E-state index is 13.2. The molecule has 44 heavy (non-hydrogen) atoms. The van der Waals surface area contributed by atoms with E-state index in [1.54, 1.807) is 17.5 Å². The summed E-state index contributed by atoms with van der Waals surface area (Å²) in [5, 5.41) is 19.2. The first kappa shape index (κ1) is 32.5. The van der Waals surface area contributed by atoms with Crippen LogP contribution in [0, 0.1) is 6.92 Å². The zero-order valence-corrected chi connectivity index (χ0v) is 29.1. The average Bonchev–Trinajstić information content (AvgIpc) is 3.49. The molecular formula is C31H44N6O4S2Si. The number of para-hydroxylation sites is 1. The molecule has 0 spiro atoms. The van der Waals surface area contributed by atoms with E-state index >= 15 is 0 Å². The number of amidine groups is 1. The molecule has 1 atom stereocenters. The second-order valence-electron chi connectivity index (χ2n) is 12.2. The first-order valence-corrected chi connectivity index (χ1v) is 21.3. The lowest BCUT2D eigenvalue weighted by molar-refractivity contribution is 0.0884. The lowest BCUT2D eigenvalue weighted by Gasteiger charge is -2.29. The van der Waals surface area contributed by atoms with Crippen LogP contribution in [0.1, 0.15) is 43.7 Å². The van der Waals surface area contributed by atoms with Crippen LogP contribution in [0.4, 0.5) is 16.4 Å². The summed E-state index contributed by atoms with van der Waals surface area (Å²) in [6.45, 7) is 13.2. The molecule has 10 nitrogen and oxygen atoms in total. The Kier molecular flexibility index (Phi) is 10.7. The first-order chi connectivity index (χ1) is 21.2. The van der Waals surface area contributed by atoms with Crippen LogP contribution in [-0.4, -0.2) is 64.8 Å². The van der Waals surface area contributed by atoms with Crippen LogP contribution >= 0.6 is 22.2 Å². The number of allylic oxidation sites excluding steroid dienone is 1. The Balaban J connectivity index is 1.49. The van der Waals surface area contributed by atoms with Gasteiger partial charge in [-0.2, -0.15) is 4.99 Å². The molecule has 2 aliphatic rings. The summed E-state index contributed by atoms with van der Waals surface area (Å²) >= 11 is 1.62. The average molecular weight is 657 g/mol. The minimum atomic E-state index is -1.44. The molecule has 13 heteroatoms. The van der Waals surface area contributed by atoms with E-state index < -0.39 is 19.0 Å². The van der Waals surface area contributed by atoms with Gasteiger partial charge in [-0.3, -0.25) is 4.57 Å². The number of aliphatic hydroxyl groups excluding tert-OH is 1. The van der Waals surface area contributed by atoms with Gasteiger partial charge >= 0.3 is 5.30 Å². The van der Waals surface area contributed by atoms with Crippen LogP contribution in [0.3, 0.4) is 0 Å². The summed E-state index contributed by atoms with van der Waals surface area (Å²) in [4.78, 5) is 26.8. The number of aromatic nitrogens is 3. The highest BCUT2D eigenvalue weighted by atomic mass is 32.2. The molecule has 0 saturated carbocycles. The van der Waals surface area contributed by atoms with Gasteiger partial charge < -0.3 is 19.5 Å². The molecule has 2 aliphatic heterocycles. The van der Waals surface area contributed by atoms with Crippen molar-refractivity contribution in [2.75, 3.05) is 31.3 Å². The number of ether oxygens (including phenoxy) is 2. The third-order valence-electron chi connectivity index (χ3n) is 7.72. The van der Waals surface area contributed by atoms with Crippen LogP contribution in [0.5, 0.6) is 0 Å². The summed E-state index contributed by atoms with van der Waals surface area (Å²) in [6.07, 6.45) is 5.73. The number of benzene rings is 1. The van der Waals surface area contributed by atoms with Gasteiger partial charge in [0, 0.05) is 50.1 Å². The number of carbonyl (C=O) groups is 1. The Bertz CT molecular complexity index is 1630. The van der Waals surface area contributed by atoms with E-state index in [0.29, 0.717) is 43.7 Å². The topological polar surface area (TPSA) is 114 Å². The van der Waals surface area contributed by atoms with Crippen LogP contribution in [0.25, 0.3) is 10.2 Å². The van der Waals surface area contributed by atoms with E-state index in [-0.39, 0.29) is 11.9 Å². The number of hydrogen-bond donors (Lipinski definition) is 2. The van der Waals surface area contributed by atoms with Crippen molar-refractivity contribution in [1.82, 2.24) is 14.8 Å². The molecule has 0 aliphatic carbocycles. The predicted octanol–water partition coefficient (Wildman–Crippen LogP) is 6.63. The lowest BCUT2D eigenvalue weighted by Crippen LogP contribution is -2.33. The molecule has 0 radical (unpaired) electrons. The molecule has 5 rings (SSSR count). The van der Waals surface area contributed by atoms with Gasteiger partial charge in [0.1, 0.15) is 6.73 Å². The van der Waals surface area contributed by atoms with E-state index in [4.69, 9.17) is 24.6 Å². The minimum Gasteiger partial charge on any atom is -0.459 e. The molecule has 1 N–H and O–H groups in total. The molecule has 0 saturated heterocycles. The van der Waals surface area contributed by atoms with Gasteiger partial charge in [0.2, 0.25) is 0 Å². The molecule has 3 aromatic rings. The molecule has 1 unspecified atom stereocenters. The molecule has 0 fully saturated rings. The minimum absolute atomic E-state index is 0.0621. The number of anilines is 1. The van der Waals surface area contributed by atoms with Crippen LogP contribution in [0.15, 0.2) is 45.4 Å². The number of hydrogen-bond acceptors (Lipinski definition) is 10. The van der Waals surface area contributed by atoms with Crippen molar-refractivity contribution in [3.05, 3.63) is 51.3 Å². The second-order valence-corrected chi connectivity index (χ2v) is 20.9. The molecule has 0 amide bonds. The van der Waals surface area contributed by atoms with Gasteiger partial charge in [-0.15, -0.1) is 10.2 Å². The number of thiazole rings is 1. The Morgan fingerprint density at radius 3 is 2.80 bits per heavy atom. The monoisotopic (exact) mass is 656 g/mol. The van der Waals surface area contributed by atoms with Crippen molar-refractivity contribution < 1.29 is 19.4 Å². The van der Waals surface area contributed by atoms with Crippen molar-refractivity contribution in [2.45, 2.75) is 78.4 Å². The number of aliphatic imine (C=N–C) groups is 1. The van der Waals surface area contributed by atoms with Gasteiger partial charge in [0.15, 0.2) is 21.6 Å². The highest BCUT2D eigenvalue weighted by Crippen LogP contribution is 2.48. The normalized spacial score (nSPS) is 18.3. The molecule has 4 heterocycles. The van der Waals surface area contributed by atoms with Crippen molar-refractivity contribution >= 4 is 62.6 Å². The highest BCUT2D eigenvalue weighted by Gasteiger charge is 2.35. The number of fused-ring (bicyclic) bond motifs is 2. The molecule has 0 bridgehead atoms. The number of aliphatic hydroxyl groups is 1. The van der Waals surface area contributed by atoms with Gasteiger partial charge in [-0.05, 0) is 64.1 Å². The van der Waals surface area contributed by atoms with Gasteiger partial charge in [-0.25, -0.2) is 9.79 Å². The summed E-state index contributed by atoms with van der Waals surface area (Å²) < 4.78 is 14.9. The van der Waals surface area contributed by atoms with E-state index in [0.717, 1.165) is 68.8 Å². The van der Waals surface area contributed by atoms with Crippen LogP contribution in [-0.2, 0) is 22.6 Å². The zero-order chi connectivity index (χ0) is 31.3. The Morgan fingerprint density at radius 2 is 2.02 bits per heavy atom. The Labute approximate surface area is 266 Å².